The number of imidazole rings is 1. The molecular weight excluding hydrogens is 382 g/mol. The van der Waals surface area contributed by atoms with Gasteiger partial charge in [-0.05, 0) is 25.1 Å². The molecule has 150 valence electrons. The van der Waals surface area contributed by atoms with Crippen LogP contribution in [0.15, 0.2) is 66.1 Å². The lowest BCUT2D eigenvalue weighted by molar-refractivity contribution is 0.101. The summed E-state index contributed by atoms with van der Waals surface area (Å²) in [4.78, 5) is 42.0. The second-order valence-corrected chi connectivity index (χ2v) is 6.60. The van der Waals surface area contributed by atoms with Gasteiger partial charge in [-0.1, -0.05) is 12.1 Å². The molecular formula is C21H19N7O2. The molecule has 0 aliphatic carbocycles. The number of nitrogens with one attached hydrogen (secondary N) is 1. The molecule has 3 heterocycles. The number of ketones is 1. The van der Waals surface area contributed by atoms with Gasteiger partial charge in [-0.2, -0.15) is 0 Å². The Hall–Kier alpha value is -4.14. The highest BCUT2D eigenvalue weighted by atomic mass is 16.1. The molecule has 0 unspecified atom stereocenters. The van der Waals surface area contributed by atoms with Crippen LogP contribution >= 0.6 is 0 Å². The average molecular weight is 401 g/mol. The lowest BCUT2D eigenvalue weighted by atomic mass is 10.1. The number of carbonyl (C=O) groups is 1. The molecule has 3 aromatic heterocycles. The predicted octanol–water partition coefficient (Wildman–Crippen LogP) is 2.03. The van der Waals surface area contributed by atoms with Crippen molar-refractivity contribution in [3.8, 4) is 17.1 Å². The number of hydrogen-bond donors (Lipinski definition) is 1. The number of benzene rings is 1. The van der Waals surface area contributed by atoms with Gasteiger partial charge in [-0.15, -0.1) is 0 Å². The number of para-hydroxylation sites is 1. The summed E-state index contributed by atoms with van der Waals surface area (Å²) in [6.45, 7) is 1.84. The molecule has 9 heteroatoms. The van der Waals surface area contributed by atoms with Gasteiger partial charge in [-0.25, -0.2) is 19.9 Å². The first-order valence-corrected chi connectivity index (χ1v) is 9.25. The lowest BCUT2D eigenvalue weighted by Gasteiger charge is -2.13. The number of rotatable bonds is 6. The smallest absolute Gasteiger partial charge is 0.255 e. The fraction of sp³-hybridized carbons (Fsp3) is 0.143. The molecule has 0 atom stereocenters. The third-order valence-corrected chi connectivity index (χ3v) is 4.68. The van der Waals surface area contributed by atoms with Crippen LogP contribution in [0.2, 0.25) is 0 Å². The lowest BCUT2D eigenvalue weighted by Crippen LogP contribution is -2.25. The molecule has 1 N–H and O–H groups in total. The summed E-state index contributed by atoms with van der Waals surface area (Å²) in [7, 11) is 1.59. The third-order valence-electron chi connectivity index (χ3n) is 4.68. The fourth-order valence-corrected chi connectivity index (χ4v) is 3.08. The van der Waals surface area contributed by atoms with Crippen molar-refractivity contribution in [3.63, 3.8) is 0 Å². The Kier molecular flexibility index (Phi) is 5.17. The standard InChI is InChI=1S/C21H19N7O2/c1-14-23-9-10-28(14)18-6-4-3-5-15(18)19(29)12-24-21-26-17(11-20(30)27(21)2)16-7-8-22-13-25-16/h3-11,13H,12H2,1-2H3,(H,24,26). The van der Waals surface area contributed by atoms with Crippen LogP contribution in [-0.4, -0.2) is 41.4 Å². The first kappa shape index (κ1) is 19.2. The molecule has 0 fully saturated rings. The van der Waals surface area contributed by atoms with Crippen molar-refractivity contribution < 1.29 is 4.79 Å². The van der Waals surface area contributed by atoms with Crippen molar-refractivity contribution in [1.29, 1.82) is 0 Å². The van der Waals surface area contributed by atoms with Gasteiger partial charge in [0.1, 0.15) is 12.2 Å². The van der Waals surface area contributed by atoms with Crippen LogP contribution < -0.4 is 10.9 Å². The van der Waals surface area contributed by atoms with Crippen molar-refractivity contribution >= 4 is 11.7 Å². The molecule has 0 aliphatic rings. The summed E-state index contributed by atoms with van der Waals surface area (Å²) in [5.74, 6) is 0.922. The first-order chi connectivity index (χ1) is 14.5. The largest absolute Gasteiger partial charge is 0.348 e. The van der Waals surface area contributed by atoms with Crippen LogP contribution in [0.1, 0.15) is 16.2 Å². The van der Waals surface area contributed by atoms with Crippen LogP contribution in [0.3, 0.4) is 0 Å². The van der Waals surface area contributed by atoms with E-state index in [4.69, 9.17) is 0 Å². The fourth-order valence-electron chi connectivity index (χ4n) is 3.08. The summed E-state index contributed by atoms with van der Waals surface area (Å²) in [6, 6.07) is 10.4. The molecule has 0 radical (unpaired) electrons. The molecule has 30 heavy (non-hydrogen) atoms. The van der Waals surface area contributed by atoms with Gasteiger partial charge in [0.25, 0.3) is 5.56 Å². The zero-order valence-electron chi connectivity index (χ0n) is 16.5. The summed E-state index contributed by atoms with van der Waals surface area (Å²) < 4.78 is 3.21. The molecule has 0 spiro atoms. The zero-order valence-corrected chi connectivity index (χ0v) is 16.5. The van der Waals surface area contributed by atoms with Gasteiger partial charge in [0, 0.05) is 37.3 Å². The van der Waals surface area contributed by atoms with Gasteiger partial charge < -0.3 is 9.88 Å². The molecule has 1 aromatic carbocycles. The Morgan fingerprint density at radius 2 is 1.93 bits per heavy atom. The molecule has 4 rings (SSSR count). The van der Waals surface area contributed by atoms with E-state index in [1.54, 1.807) is 31.6 Å². The van der Waals surface area contributed by atoms with Crippen molar-refractivity contribution in [2.75, 3.05) is 11.9 Å². The second-order valence-electron chi connectivity index (χ2n) is 6.60. The van der Waals surface area contributed by atoms with Gasteiger partial charge in [0.05, 0.1) is 23.6 Å². The molecule has 4 aromatic rings. The topological polar surface area (TPSA) is 108 Å². The van der Waals surface area contributed by atoms with Crippen LogP contribution in [0.25, 0.3) is 17.1 Å². The summed E-state index contributed by atoms with van der Waals surface area (Å²) in [5.41, 5.74) is 1.96. The highest BCUT2D eigenvalue weighted by molar-refractivity contribution is 6.02. The van der Waals surface area contributed by atoms with Crippen molar-refractivity contribution in [2.24, 2.45) is 7.05 Å². The number of aromatic nitrogens is 6. The predicted molar refractivity (Wildman–Crippen MR) is 112 cm³/mol. The molecule has 0 saturated heterocycles. The molecule has 0 amide bonds. The van der Waals surface area contributed by atoms with Crippen molar-refractivity contribution in [1.82, 2.24) is 29.1 Å². The zero-order chi connectivity index (χ0) is 21.1. The van der Waals surface area contributed by atoms with E-state index in [2.05, 4.69) is 25.3 Å². The van der Waals surface area contributed by atoms with E-state index in [1.165, 1.54) is 17.0 Å². The van der Waals surface area contributed by atoms with Gasteiger partial charge >= 0.3 is 0 Å². The summed E-state index contributed by atoms with van der Waals surface area (Å²) in [6.07, 6.45) is 6.46. The Morgan fingerprint density at radius 3 is 2.67 bits per heavy atom. The maximum absolute atomic E-state index is 13.0. The average Bonchev–Trinajstić information content (AvgIpc) is 3.20. The second kappa shape index (κ2) is 8.08. The van der Waals surface area contributed by atoms with Crippen LogP contribution in [0, 0.1) is 6.92 Å². The van der Waals surface area contributed by atoms with Gasteiger partial charge in [0.2, 0.25) is 5.95 Å². The van der Waals surface area contributed by atoms with E-state index in [9.17, 15) is 9.59 Å². The Morgan fingerprint density at radius 1 is 1.10 bits per heavy atom. The Labute approximate surface area is 172 Å². The SMILES string of the molecule is Cc1nccn1-c1ccccc1C(=O)CNc1nc(-c2ccncn2)cc(=O)n1C. The number of hydrogen-bond acceptors (Lipinski definition) is 7. The first-order valence-electron chi connectivity index (χ1n) is 9.25. The van der Waals surface area contributed by atoms with E-state index in [-0.39, 0.29) is 23.8 Å². The maximum Gasteiger partial charge on any atom is 0.255 e. The molecule has 0 saturated carbocycles. The summed E-state index contributed by atoms with van der Waals surface area (Å²) in [5, 5.41) is 2.98. The van der Waals surface area contributed by atoms with Gasteiger partial charge in [0.15, 0.2) is 5.78 Å². The number of Topliss-reactive ketones (excluding diaryl/α,β-unsaturated/α-hetero) is 1. The van der Waals surface area contributed by atoms with E-state index in [0.29, 0.717) is 17.0 Å². The van der Waals surface area contributed by atoms with E-state index >= 15 is 0 Å². The number of aryl methyl sites for hydroxylation is 1. The minimum absolute atomic E-state index is 0.0295. The highest BCUT2D eigenvalue weighted by Gasteiger charge is 2.15. The third kappa shape index (κ3) is 3.72. The minimum atomic E-state index is -0.261. The number of carbonyl (C=O) groups excluding carboxylic acids is 1. The Bertz CT molecular complexity index is 1260. The van der Waals surface area contributed by atoms with Crippen LogP contribution in [0.5, 0.6) is 0 Å². The summed E-state index contributed by atoms with van der Waals surface area (Å²) >= 11 is 0. The van der Waals surface area contributed by atoms with E-state index in [1.807, 2.05) is 35.9 Å². The quantitative estimate of drug-likeness (QED) is 0.493. The molecule has 0 bridgehead atoms. The molecule has 0 aliphatic heterocycles. The van der Waals surface area contributed by atoms with Gasteiger partial charge in [-0.3, -0.25) is 14.2 Å². The van der Waals surface area contributed by atoms with Crippen molar-refractivity contribution in [3.05, 3.63) is 83.1 Å². The van der Waals surface area contributed by atoms with Crippen LogP contribution in [-0.2, 0) is 7.05 Å². The number of anilines is 1. The normalized spacial score (nSPS) is 10.7. The van der Waals surface area contributed by atoms with E-state index < -0.39 is 0 Å². The Balaban J connectivity index is 1.61. The van der Waals surface area contributed by atoms with E-state index in [0.717, 1.165) is 11.5 Å². The number of nitrogens with zero attached hydrogens (tertiary/aromatic N) is 6. The maximum atomic E-state index is 13.0. The minimum Gasteiger partial charge on any atom is -0.348 e. The molecule has 9 nitrogen and oxygen atoms in total. The van der Waals surface area contributed by atoms with Crippen LogP contribution in [0.4, 0.5) is 5.95 Å². The monoisotopic (exact) mass is 401 g/mol. The highest BCUT2D eigenvalue weighted by Crippen LogP contribution is 2.17. The van der Waals surface area contributed by atoms with Crippen molar-refractivity contribution in [2.45, 2.75) is 6.92 Å².